The van der Waals surface area contributed by atoms with Crippen LogP contribution in [-0.2, 0) is 4.79 Å². The molecule has 0 aliphatic carbocycles. The number of carbonyl (C=O) groups excluding carboxylic acids is 1. The summed E-state index contributed by atoms with van der Waals surface area (Å²) in [5.74, 6) is 1.40. The molecule has 80 valence electrons. The summed E-state index contributed by atoms with van der Waals surface area (Å²) >= 11 is 6.52. The van der Waals surface area contributed by atoms with Gasteiger partial charge in [-0.25, -0.2) is 0 Å². The maximum absolute atomic E-state index is 11.8. The second kappa shape index (κ2) is 4.74. The molecule has 0 saturated carbocycles. The number of amides is 1. The summed E-state index contributed by atoms with van der Waals surface area (Å²) in [4.78, 5) is 13.7. The first-order valence-electron chi connectivity index (χ1n) is 4.88. The summed E-state index contributed by atoms with van der Waals surface area (Å²) in [6.45, 7) is 0.808. The Morgan fingerprint density at radius 2 is 2.20 bits per heavy atom. The molecule has 1 atom stereocenters. The molecule has 1 heterocycles. The molecule has 0 bridgehead atoms. The van der Waals surface area contributed by atoms with E-state index in [4.69, 9.17) is 0 Å². The third kappa shape index (κ3) is 2.30. The van der Waals surface area contributed by atoms with Gasteiger partial charge < -0.3 is 4.90 Å². The molecule has 1 aromatic rings. The number of hydrogen-bond acceptors (Lipinski definition) is 2. The lowest BCUT2D eigenvalue weighted by Gasteiger charge is -2.17. The quantitative estimate of drug-likeness (QED) is 0.652. The van der Waals surface area contributed by atoms with Crippen molar-refractivity contribution in [2.75, 3.05) is 17.2 Å². The van der Waals surface area contributed by atoms with E-state index in [-0.39, 0.29) is 5.91 Å². The number of carbonyl (C=O) groups is 1. The Morgan fingerprint density at radius 1 is 1.47 bits per heavy atom. The van der Waals surface area contributed by atoms with Gasteiger partial charge in [-0.2, -0.15) is 12.6 Å². The van der Waals surface area contributed by atoms with Crippen molar-refractivity contribution in [1.29, 1.82) is 0 Å². The molecule has 0 N–H and O–H groups in total. The van der Waals surface area contributed by atoms with Crippen molar-refractivity contribution >= 4 is 46.8 Å². The molecule has 1 aliphatic heterocycles. The van der Waals surface area contributed by atoms with E-state index in [0.29, 0.717) is 12.3 Å². The summed E-state index contributed by atoms with van der Waals surface area (Å²) in [6.07, 6.45) is 0.633. The second-order valence-corrected chi connectivity index (χ2v) is 5.24. The molecule has 0 spiro atoms. The van der Waals surface area contributed by atoms with E-state index < -0.39 is 0 Å². The van der Waals surface area contributed by atoms with Gasteiger partial charge in [0.2, 0.25) is 5.91 Å². The van der Waals surface area contributed by atoms with Crippen LogP contribution in [0.25, 0.3) is 0 Å². The fourth-order valence-electron chi connectivity index (χ4n) is 1.81. The third-order valence-electron chi connectivity index (χ3n) is 2.61. The van der Waals surface area contributed by atoms with Crippen molar-refractivity contribution in [2.24, 2.45) is 5.92 Å². The van der Waals surface area contributed by atoms with Crippen LogP contribution in [0.15, 0.2) is 24.3 Å². The van der Waals surface area contributed by atoms with Gasteiger partial charge in [0, 0.05) is 16.5 Å². The normalized spacial score (nSPS) is 21.1. The van der Waals surface area contributed by atoms with E-state index >= 15 is 0 Å². The largest absolute Gasteiger partial charge is 0.311 e. The number of halogens is 1. The van der Waals surface area contributed by atoms with E-state index in [1.165, 1.54) is 0 Å². The number of thiol groups is 1. The van der Waals surface area contributed by atoms with Crippen molar-refractivity contribution in [1.82, 2.24) is 0 Å². The first-order chi connectivity index (χ1) is 7.22. The molecule has 1 fully saturated rings. The molecule has 0 radical (unpaired) electrons. The maximum atomic E-state index is 11.8. The zero-order valence-electron chi connectivity index (χ0n) is 8.19. The zero-order chi connectivity index (χ0) is 10.8. The highest BCUT2D eigenvalue weighted by atomic mass is 127. The van der Waals surface area contributed by atoms with Gasteiger partial charge in [0.05, 0.1) is 5.69 Å². The first kappa shape index (κ1) is 11.3. The maximum Gasteiger partial charge on any atom is 0.227 e. The lowest BCUT2D eigenvalue weighted by atomic mass is 10.1. The van der Waals surface area contributed by atoms with Gasteiger partial charge in [0.1, 0.15) is 0 Å². The van der Waals surface area contributed by atoms with Gasteiger partial charge in [-0.1, -0.05) is 12.1 Å². The average Bonchev–Trinajstić information content (AvgIpc) is 2.60. The number of para-hydroxylation sites is 1. The summed E-state index contributed by atoms with van der Waals surface area (Å²) in [6, 6.07) is 7.98. The molecule has 1 unspecified atom stereocenters. The Morgan fingerprint density at radius 3 is 2.80 bits per heavy atom. The lowest BCUT2D eigenvalue weighted by Crippen LogP contribution is -2.25. The van der Waals surface area contributed by atoms with Crippen LogP contribution in [0.3, 0.4) is 0 Å². The summed E-state index contributed by atoms with van der Waals surface area (Å²) in [5.41, 5.74) is 1.03. The number of benzene rings is 1. The SMILES string of the molecule is O=C1CC(CS)CN1c1ccccc1I. The number of anilines is 1. The van der Waals surface area contributed by atoms with Gasteiger partial charge in [-0.3, -0.25) is 4.79 Å². The van der Waals surface area contributed by atoms with Crippen molar-refractivity contribution in [2.45, 2.75) is 6.42 Å². The lowest BCUT2D eigenvalue weighted by molar-refractivity contribution is -0.117. The standard InChI is InChI=1S/C11H12INOS/c12-9-3-1-2-4-10(9)13-6-8(7-15)5-11(13)14/h1-4,8,15H,5-7H2. The highest BCUT2D eigenvalue weighted by Crippen LogP contribution is 2.29. The molecular formula is C11H12INOS. The summed E-state index contributed by atoms with van der Waals surface area (Å²) in [7, 11) is 0. The number of hydrogen-bond donors (Lipinski definition) is 1. The highest BCUT2D eigenvalue weighted by molar-refractivity contribution is 14.1. The third-order valence-corrected chi connectivity index (χ3v) is 4.04. The Bertz CT molecular complexity index is 383. The van der Waals surface area contributed by atoms with Crippen LogP contribution in [0.4, 0.5) is 5.69 Å². The van der Waals surface area contributed by atoms with Crippen molar-refractivity contribution in [3.05, 3.63) is 27.8 Å². The van der Waals surface area contributed by atoms with Crippen LogP contribution in [-0.4, -0.2) is 18.2 Å². The number of rotatable bonds is 2. The predicted octanol–water partition coefficient (Wildman–Crippen LogP) is 2.57. The zero-order valence-corrected chi connectivity index (χ0v) is 11.2. The number of nitrogens with zero attached hydrogens (tertiary/aromatic N) is 1. The van der Waals surface area contributed by atoms with E-state index in [1.807, 2.05) is 29.2 Å². The Hall–Kier alpha value is -0.230. The fourth-order valence-corrected chi connectivity index (χ4v) is 2.73. The van der Waals surface area contributed by atoms with Gasteiger partial charge in [-0.15, -0.1) is 0 Å². The van der Waals surface area contributed by atoms with Crippen LogP contribution < -0.4 is 4.90 Å². The molecule has 1 aliphatic rings. The summed E-state index contributed by atoms with van der Waals surface area (Å²) in [5, 5.41) is 0. The minimum Gasteiger partial charge on any atom is -0.311 e. The molecule has 1 amide bonds. The van der Waals surface area contributed by atoms with Gasteiger partial charge in [0.25, 0.3) is 0 Å². The van der Waals surface area contributed by atoms with Crippen molar-refractivity contribution < 1.29 is 4.79 Å². The van der Waals surface area contributed by atoms with Crippen LogP contribution >= 0.6 is 35.2 Å². The Labute approximate surface area is 109 Å². The molecule has 1 aromatic carbocycles. The smallest absolute Gasteiger partial charge is 0.227 e. The van der Waals surface area contributed by atoms with Gasteiger partial charge in [0.15, 0.2) is 0 Å². The highest BCUT2D eigenvalue weighted by Gasteiger charge is 2.30. The van der Waals surface area contributed by atoms with E-state index in [2.05, 4.69) is 35.2 Å². The fraction of sp³-hybridized carbons (Fsp3) is 0.364. The monoisotopic (exact) mass is 333 g/mol. The van der Waals surface area contributed by atoms with E-state index in [0.717, 1.165) is 21.6 Å². The van der Waals surface area contributed by atoms with Crippen LogP contribution in [0.1, 0.15) is 6.42 Å². The first-order valence-corrected chi connectivity index (χ1v) is 6.59. The van der Waals surface area contributed by atoms with Crippen LogP contribution in [0, 0.1) is 9.49 Å². The van der Waals surface area contributed by atoms with E-state index in [1.54, 1.807) is 0 Å². The Kier molecular flexibility index (Phi) is 3.56. The average molecular weight is 333 g/mol. The van der Waals surface area contributed by atoms with Crippen LogP contribution in [0.5, 0.6) is 0 Å². The topological polar surface area (TPSA) is 20.3 Å². The Balaban J connectivity index is 2.25. The summed E-state index contributed by atoms with van der Waals surface area (Å²) < 4.78 is 1.13. The van der Waals surface area contributed by atoms with Gasteiger partial charge >= 0.3 is 0 Å². The minimum atomic E-state index is 0.221. The predicted molar refractivity (Wildman–Crippen MR) is 73.5 cm³/mol. The van der Waals surface area contributed by atoms with Gasteiger partial charge in [-0.05, 0) is 46.4 Å². The molecule has 0 aromatic heterocycles. The van der Waals surface area contributed by atoms with Crippen LogP contribution in [0.2, 0.25) is 0 Å². The molecule has 2 nitrogen and oxygen atoms in total. The van der Waals surface area contributed by atoms with Crippen molar-refractivity contribution in [3.63, 3.8) is 0 Å². The second-order valence-electron chi connectivity index (χ2n) is 3.71. The minimum absolute atomic E-state index is 0.221. The molecule has 4 heteroatoms. The van der Waals surface area contributed by atoms with E-state index in [9.17, 15) is 4.79 Å². The molecule has 15 heavy (non-hydrogen) atoms. The molecule has 2 rings (SSSR count). The van der Waals surface area contributed by atoms with Crippen molar-refractivity contribution in [3.8, 4) is 0 Å². The molecule has 1 saturated heterocycles. The molecular weight excluding hydrogens is 321 g/mol.